The molecule has 0 bridgehead atoms. The standard InChI is InChI=1S/C11H12BN/c1-7-2-3-8-9(10-5-12-10)6-13-11(8)4-7/h2-4,6,10,12-13H,5H2,1H3. The fraction of sp³-hybridized carbons (Fsp3) is 0.273. The molecule has 64 valence electrons. The van der Waals surface area contributed by atoms with Crippen LogP contribution in [0.1, 0.15) is 16.9 Å². The van der Waals surface area contributed by atoms with Gasteiger partial charge in [-0.2, -0.15) is 0 Å². The maximum Gasteiger partial charge on any atom is 0.128 e. The van der Waals surface area contributed by atoms with Crippen LogP contribution in [0.25, 0.3) is 10.9 Å². The van der Waals surface area contributed by atoms with Gasteiger partial charge in [-0.3, -0.25) is 0 Å². The van der Waals surface area contributed by atoms with E-state index in [2.05, 4.69) is 36.3 Å². The summed E-state index contributed by atoms with van der Waals surface area (Å²) >= 11 is 0. The molecule has 0 spiro atoms. The minimum atomic E-state index is 0.844. The van der Waals surface area contributed by atoms with Gasteiger partial charge >= 0.3 is 0 Å². The number of aromatic nitrogens is 1. The van der Waals surface area contributed by atoms with Crippen LogP contribution in [0.2, 0.25) is 6.32 Å². The van der Waals surface area contributed by atoms with Gasteiger partial charge < -0.3 is 4.98 Å². The molecular weight excluding hydrogens is 157 g/mol. The van der Waals surface area contributed by atoms with Gasteiger partial charge in [0.15, 0.2) is 0 Å². The number of fused-ring (bicyclic) bond motifs is 1. The fourth-order valence-electron chi connectivity index (χ4n) is 1.99. The summed E-state index contributed by atoms with van der Waals surface area (Å²) in [7, 11) is 1.38. The molecule has 3 rings (SSSR count). The summed E-state index contributed by atoms with van der Waals surface area (Å²) in [6.07, 6.45) is 3.56. The van der Waals surface area contributed by atoms with Crippen molar-refractivity contribution in [1.29, 1.82) is 0 Å². The Bertz CT molecular complexity index is 454. The molecule has 1 N–H and O–H groups in total. The summed E-state index contributed by atoms with van der Waals surface area (Å²) < 4.78 is 0. The second-order valence-electron chi connectivity index (χ2n) is 4.07. The summed E-state index contributed by atoms with van der Waals surface area (Å²) in [4.78, 5) is 3.35. The highest BCUT2D eigenvalue weighted by molar-refractivity contribution is 6.51. The van der Waals surface area contributed by atoms with Crippen molar-refractivity contribution in [3.8, 4) is 0 Å². The molecule has 1 aromatic carbocycles. The van der Waals surface area contributed by atoms with E-state index in [4.69, 9.17) is 0 Å². The average Bonchev–Trinajstić information content (AvgIpc) is 2.87. The molecule has 1 atom stereocenters. The lowest BCUT2D eigenvalue weighted by Gasteiger charge is -1.96. The number of aryl methyl sites for hydroxylation is 1. The van der Waals surface area contributed by atoms with E-state index in [-0.39, 0.29) is 0 Å². The Morgan fingerprint density at radius 1 is 1.46 bits per heavy atom. The molecule has 2 aromatic rings. The van der Waals surface area contributed by atoms with Gasteiger partial charge in [-0.1, -0.05) is 18.5 Å². The van der Waals surface area contributed by atoms with E-state index in [1.165, 1.54) is 35.6 Å². The quantitative estimate of drug-likeness (QED) is 0.630. The molecule has 0 aliphatic carbocycles. The summed E-state index contributed by atoms with van der Waals surface area (Å²) in [6, 6.07) is 6.66. The number of hydrogen-bond donors (Lipinski definition) is 1. The Kier molecular flexibility index (Phi) is 1.34. The van der Waals surface area contributed by atoms with E-state index in [1.54, 1.807) is 0 Å². The van der Waals surface area contributed by atoms with E-state index in [0.717, 1.165) is 5.82 Å². The van der Waals surface area contributed by atoms with Gasteiger partial charge in [-0.25, -0.2) is 0 Å². The zero-order valence-electron chi connectivity index (χ0n) is 7.80. The third-order valence-corrected chi connectivity index (χ3v) is 2.89. The molecule has 0 radical (unpaired) electrons. The second-order valence-corrected chi connectivity index (χ2v) is 4.07. The van der Waals surface area contributed by atoms with Crippen LogP contribution in [0.5, 0.6) is 0 Å². The maximum atomic E-state index is 3.35. The zero-order chi connectivity index (χ0) is 8.84. The van der Waals surface area contributed by atoms with Gasteiger partial charge in [0.1, 0.15) is 7.28 Å². The smallest absolute Gasteiger partial charge is 0.128 e. The normalized spacial score (nSPS) is 20.2. The first kappa shape index (κ1) is 7.25. The Balaban J connectivity index is 2.26. The lowest BCUT2D eigenvalue weighted by atomic mass is 9.96. The number of benzene rings is 1. The minimum Gasteiger partial charge on any atom is -0.361 e. The Morgan fingerprint density at radius 3 is 3.08 bits per heavy atom. The van der Waals surface area contributed by atoms with Gasteiger partial charge in [0.2, 0.25) is 0 Å². The molecule has 1 aromatic heterocycles. The lowest BCUT2D eigenvalue weighted by molar-refractivity contribution is 1.23. The molecule has 1 unspecified atom stereocenters. The van der Waals surface area contributed by atoms with Gasteiger partial charge in [0, 0.05) is 17.1 Å². The summed E-state index contributed by atoms with van der Waals surface area (Å²) in [5.41, 5.74) is 4.15. The molecular formula is C11H12BN. The van der Waals surface area contributed by atoms with Crippen molar-refractivity contribution < 1.29 is 0 Å². The first-order valence-corrected chi connectivity index (χ1v) is 4.92. The maximum absolute atomic E-state index is 3.35. The Morgan fingerprint density at radius 2 is 2.31 bits per heavy atom. The van der Waals surface area contributed by atoms with Crippen LogP contribution in [0.4, 0.5) is 0 Å². The van der Waals surface area contributed by atoms with Crippen molar-refractivity contribution >= 4 is 18.2 Å². The van der Waals surface area contributed by atoms with Crippen LogP contribution in [-0.4, -0.2) is 12.3 Å². The third-order valence-electron chi connectivity index (χ3n) is 2.89. The van der Waals surface area contributed by atoms with Crippen LogP contribution >= 0.6 is 0 Å². The van der Waals surface area contributed by atoms with Gasteiger partial charge in [-0.05, 0) is 29.9 Å². The molecule has 2 heterocycles. The summed E-state index contributed by atoms with van der Waals surface area (Å²) in [6.45, 7) is 2.14. The highest BCUT2D eigenvalue weighted by atomic mass is 14.7. The van der Waals surface area contributed by atoms with E-state index in [9.17, 15) is 0 Å². The molecule has 1 nitrogen and oxygen atoms in total. The Labute approximate surface area is 78.4 Å². The summed E-state index contributed by atoms with van der Waals surface area (Å²) in [5.74, 6) is 0.844. The van der Waals surface area contributed by atoms with Gasteiger partial charge in [0.05, 0.1) is 0 Å². The van der Waals surface area contributed by atoms with Crippen LogP contribution < -0.4 is 0 Å². The number of hydrogen-bond acceptors (Lipinski definition) is 0. The van der Waals surface area contributed by atoms with E-state index < -0.39 is 0 Å². The Hall–Kier alpha value is -1.18. The van der Waals surface area contributed by atoms with E-state index in [1.807, 2.05) is 0 Å². The molecule has 0 amide bonds. The molecule has 1 aliphatic rings. The highest BCUT2D eigenvalue weighted by Crippen LogP contribution is 2.36. The van der Waals surface area contributed by atoms with E-state index >= 15 is 0 Å². The average molecular weight is 169 g/mol. The first-order valence-electron chi connectivity index (χ1n) is 4.92. The van der Waals surface area contributed by atoms with Crippen LogP contribution in [0.15, 0.2) is 24.4 Å². The number of H-pyrrole nitrogens is 1. The van der Waals surface area contributed by atoms with Crippen molar-refractivity contribution in [1.82, 2.24) is 4.98 Å². The van der Waals surface area contributed by atoms with Crippen LogP contribution in [0, 0.1) is 6.92 Å². The van der Waals surface area contributed by atoms with Gasteiger partial charge in [-0.15, -0.1) is 0 Å². The molecule has 1 saturated heterocycles. The van der Waals surface area contributed by atoms with Gasteiger partial charge in [0.25, 0.3) is 0 Å². The number of nitrogens with one attached hydrogen (secondary N) is 1. The monoisotopic (exact) mass is 169 g/mol. The third kappa shape index (κ3) is 1.09. The lowest BCUT2D eigenvalue weighted by Crippen LogP contribution is -1.77. The van der Waals surface area contributed by atoms with Crippen LogP contribution in [0.3, 0.4) is 0 Å². The molecule has 2 heteroatoms. The predicted octanol–water partition coefficient (Wildman–Crippen LogP) is 2.39. The minimum absolute atomic E-state index is 0.844. The van der Waals surface area contributed by atoms with Crippen molar-refractivity contribution in [3.63, 3.8) is 0 Å². The molecule has 1 fully saturated rings. The molecule has 13 heavy (non-hydrogen) atoms. The summed E-state index contributed by atoms with van der Waals surface area (Å²) in [5, 5.41) is 1.42. The largest absolute Gasteiger partial charge is 0.361 e. The molecule has 1 aliphatic heterocycles. The fourth-order valence-corrected chi connectivity index (χ4v) is 1.99. The SMILES string of the molecule is Cc1ccc2c(C3BC3)c[nH]c2c1. The van der Waals surface area contributed by atoms with Crippen molar-refractivity contribution in [2.75, 3.05) is 0 Å². The molecule has 0 saturated carbocycles. The number of rotatable bonds is 1. The van der Waals surface area contributed by atoms with Crippen molar-refractivity contribution in [2.24, 2.45) is 0 Å². The highest BCUT2D eigenvalue weighted by Gasteiger charge is 2.27. The van der Waals surface area contributed by atoms with Crippen LogP contribution in [-0.2, 0) is 0 Å². The van der Waals surface area contributed by atoms with Crippen molar-refractivity contribution in [2.45, 2.75) is 19.1 Å². The number of aromatic amines is 1. The van der Waals surface area contributed by atoms with E-state index in [0.29, 0.717) is 0 Å². The van der Waals surface area contributed by atoms with Crippen molar-refractivity contribution in [3.05, 3.63) is 35.5 Å². The topological polar surface area (TPSA) is 15.8 Å². The first-order chi connectivity index (χ1) is 6.34. The zero-order valence-corrected chi connectivity index (χ0v) is 7.80. The second kappa shape index (κ2) is 2.41. The predicted molar refractivity (Wildman–Crippen MR) is 57.7 cm³/mol.